The van der Waals surface area contributed by atoms with Crippen LogP contribution in [0.2, 0.25) is 10.0 Å². The van der Waals surface area contributed by atoms with E-state index in [1.165, 1.54) is 0 Å². The first kappa shape index (κ1) is 30.2. The highest BCUT2D eigenvalue weighted by molar-refractivity contribution is 6.42. The molecule has 2 fully saturated rings. The van der Waals surface area contributed by atoms with Crippen molar-refractivity contribution < 1.29 is 19.1 Å². The van der Waals surface area contributed by atoms with Crippen molar-refractivity contribution in [1.29, 1.82) is 0 Å². The normalized spacial score (nSPS) is 25.7. The number of nitrogens with one attached hydrogen (secondary N) is 1. The minimum Gasteiger partial charge on any atom is -0.496 e. The lowest BCUT2D eigenvalue weighted by Crippen LogP contribution is -2.70. The second kappa shape index (κ2) is 12.2. The molecule has 5 rings (SSSR count). The fourth-order valence-corrected chi connectivity index (χ4v) is 7.96. The molecule has 222 valence electrons. The van der Waals surface area contributed by atoms with Crippen LogP contribution in [0, 0.1) is 5.92 Å². The summed E-state index contributed by atoms with van der Waals surface area (Å²) in [5, 5.41) is 4.30. The van der Waals surface area contributed by atoms with Gasteiger partial charge in [-0.1, -0.05) is 72.6 Å². The molecule has 2 amide bonds. The molecule has 0 radical (unpaired) electrons. The van der Waals surface area contributed by atoms with Crippen LogP contribution in [0.15, 0.2) is 66.7 Å². The van der Waals surface area contributed by atoms with Crippen LogP contribution in [-0.4, -0.2) is 56.1 Å². The highest BCUT2D eigenvalue weighted by Gasteiger charge is 2.64. The molecule has 7 nitrogen and oxygen atoms in total. The van der Waals surface area contributed by atoms with Crippen LogP contribution in [0.5, 0.6) is 11.5 Å². The summed E-state index contributed by atoms with van der Waals surface area (Å²) in [4.78, 5) is 30.8. The first-order valence-electron chi connectivity index (χ1n) is 14.3. The number of nitrogens with two attached hydrogens (primary N) is 1. The average molecular weight is 611 g/mol. The number of hydrogen-bond acceptors (Lipinski definition) is 5. The Hall–Kier alpha value is -3.26. The van der Waals surface area contributed by atoms with Crippen molar-refractivity contribution in [1.82, 2.24) is 10.2 Å². The zero-order chi connectivity index (χ0) is 30.1. The fraction of sp³-hybridized carbons (Fsp3) is 0.394. The van der Waals surface area contributed by atoms with E-state index in [1.807, 2.05) is 47.4 Å². The summed E-state index contributed by atoms with van der Waals surface area (Å²) < 4.78 is 11.3. The number of rotatable bonds is 8. The van der Waals surface area contributed by atoms with E-state index in [0.717, 1.165) is 24.1 Å². The Kier molecular flexibility index (Phi) is 8.74. The van der Waals surface area contributed by atoms with Crippen LogP contribution in [0.1, 0.15) is 53.6 Å². The molecule has 2 heterocycles. The van der Waals surface area contributed by atoms with E-state index in [-0.39, 0.29) is 11.8 Å². The quantitative estimate of drug-likeness (QED) is 0.335. The molecule has 42 heavy (non-hydrogen) atoms. The molecule has 0 spiro atoms. The van der Waals surface area contributed by atoms with Crippen molar-refractivity contribution in [2.24, 2.45) is 11.7 Å². The number of primary amides is 1. The van der Waals surface area contributed by atoms with Crippen molar-refractivity contribution in [2.45, 2.75) is 43.1 Å². The van der Waals surface area contributed by atoms with Gasteiger partial charge in [0.2, 0.25) is 5.91 Å². The molecule has 0 aromatic heterocycles. The number of hydrogen-bond donors (Lipinski definition) is 2. The van der Waals surface area contributed by atoms with E-state index in [1.54, 1.807) is 38.5 Å². The van der Waals surface area contributed by atoms with Crippen molar-refractivity contribution in [2.75, 3.05) is 33.9 Å². The highest BCUT2D eigenvalue weighted by Crippen LogP contribution is 2.59. The van der Waals surface area contributed by atoms with Gasteiger partial charge in [-0.15, -0.1) is 0 Å². The fourth-order valence-electron chi connectivity index (χ4n) is 7.65. The van der Waals surface area contributed by atoms with Gasteiger partial charge < -0.3 is 25.4 Å². The average Bonchev–Trinajstić information content (AvgIpc) is 3.57. The molecule has 3 N–H and O–H groups in total. The zero-order valence-electron chi connectivity index (χ0n) is 24.2. The number of halogens is 2. The predicted molar refractivity (Wildman–Crippen MR) is 166 cm³/mol. The van der Waals surface area contributed by atoms with Crippen molar-refractivity contribution in [3.8, 4) is 11.5 Å². The number of ether oxygens (including phenoxy) is 2. The molecule has 2 aliphatic heterocycles. The van der Waals surface area contributed by atoms with Crippen molar-refractivity contribution in [3.05, 3.63) is 93.5 Å². The van der Waals surface area contributed by atoms with Gasteiger partial charge in [0.05, 0.1) is 35.2 Å². The van der Waals surface area contributed by atoms with Crippen LogP contribution in [0.4, 0.5) is 0 Å². The summed E-state index contributed by atoms with van der Waals surface area (Å²) in [6, 6.07) is 20.5. The Labute approximate surface area is 257 Å². The van der Waals surface area contributed by atoms with Gasteiger partial charge in [-0.25, -0.2) is 0 Å². The second-order valence-electron chi connectivity index (χ2n) is 11.1. The van der Waals surface area contributed by atoms with Crippen LogP contribution in [-0.2, 0) is 10.2 Å². The Morgan fingerprint density at radius 3 is 2.24 bits per heavy atom. The minimum absolute atomic E-state index is 0.00865. The van der Waals surface area contributed by atoms with E-state index in [0.29, 0.717) is 53.0 Å². The number of benzene rings is 3. The van der Waals surface area contributed by atoms with Crippen LogP contribution < -0.4 is 20.5 Å². The molecule has 9 heteroatoms. The summed E-state index contributed by atoms with van der Waals surface area (Å²) >= 11 is 13.0. The number of carbonyl (C=O) groups excluding carboxylic acids is 2. The monoisotopic (exact) mass is 609 g/mol. The van der Waals surface area contributed by atoms with Gasteiger partial charge in [0.1, 0.15) is 17.1 Å². The summed E-state index contributed by atoms with van der Waals surface area (Å²) in [5.41, 5.74) is 6.49. The third-order valence-corrected chi connectivity index (χ3v) is 10.2. The van der Waals surface area contributed by atoms with Gasteiger partial charge in [0, 0.05) is 19.0 Å². The molecular weight excluding hydrogens is 573 g/mol. The Morgan fingerprint density at radius 1 is 1.00 bits per heavy atom. The van der Waals surface area contributed by atoms with Crippen LogP contribution in [0.25, 0.3) is 0 Å². The van der Waals surface area contributed by atoms with Gasteiger partial charge in [-0.2, -0.15) is 0 Å². The molecule has 4 atom stereocenters. The number of piperidine rings is 1. The number of methoxy groups -OCH3 is 2. The first-order valence-corrected chi connectivity index (χ1v) is 15.1. The molecule has 0 aliphatic carbocycles. The van der Waals surface area contributed by atoms with Crippen LogP contribution in [0.3, 0.4) is 0 Å². The summed E-state index contributed by atoms with van der Waals surface area (Å²) in [5.74, 6) is -0.323. The maximum atomic E-state index is 14.9. The second-order valence-corrected chi connectivity index (χ2v) is 11.9. The molecule has 3 aromatic rings. The number of carbonyl (C=O) groups is 2. The lowest BCUT2D eigenvalue weighted by Gasteiger charge is -2.61. The van der Waals surface area contributed by atoms with E-state index in [2.05, 4.69) is 12.2 Å². The standard InChI is InChI=1S/C33H37Cl2N3O4/c1-4-33(23-15-17-37-20-23)29(21-13-14-24(34)25(35)19-21)32(31(36)40,22-9-6-5-7-10-22)16-18-38(33)30(39)28-26(41-2)11-8-12-27(28)42-3/h5-14,19,23,29,37H,4,15-18,20H2,1-3H3,(H2,36,40). The maximum absolute atomic E-state index is 14.9. The SMILES string of the molecule is CCC1(C2CCNC2)C(c2ccc(Cl)c(Cl)c2)C(C(N)=O)(c2ccccc2)CCN1C(=O)c1c(OC)cccc1OC. The number of amides is 2. The van der Waals surface area contributed by atoms with Crippen LogP contribution >= 0.6 is 23.2 Å². The predicted octanol–water partition coefficient (Wildman–Crippen LogP) is 5.82. The lowest BCUT2D eigenvalue weighted by molar-refractivity contribution is -0.131. The van der Waals surface area contributed by atoms with E-state index >= 15 is 0 Å². The van der Waals surface area contributed by atoms with Gasteiger partial charge >= 0.3 is 0 Å². The Balaban J connectivity index is 1.84. The third kappa shape index (κ3) is 4.72. The number of nitrogens with zero attached hydrogens (tertiary/aromatic N) is 1. The molecule has 0 bridgehead atoms. The smallest absolute Gasteiger partial charge is 0.261 e. The van der Waals surface area contributed by atoms with Gasteiger partial charge in [-0.05, 0) is 67.1 Å². The Morgan fingerprint density at radius 2 is 1.69 bits per heavy atom. The molecule has 3 aromatic carbocycles. The molecule has 0 saturated carbocycles. The highest BCUT2D eigenvalue weighted by atomic mass is 35.5. The molecule has 2 aliphatic rings. The summed E-state index contributed by atoms with van der Waals surface area (Å²) in [7, 11) is 3.09. The van der Waals surface area contributed by atoms with E-state index in [9.17, 15) is 9.59 Å². The van der Waals surface area contributed by atoms with Crippen molar-refractivity contribution in [3.63, 3.8) is 0 Å². The van der Waals surface area contributed by atoms with E-state index in [4.69, 9.17) is 38.4 Å². The molecule has 4 unspecified atom stereocenters. The first-order chi connectivity index (χ1) is 20.3. The van der Waals surface area contributed by atoms with Gasteiger partial charge in [0.25, 0.3) is 5.91 Å². The largest absolute Gasteiger partial charge is 0.496 e. The third-order valence-electron chi connectivity index (χ3n) is 9.45. The molecule has 2 saturated heterocycles. The van der Waals surface area contributed by atoms with E-state index < -0.39 is 22.8 Å². The number of likely N-dealkylation sites (tertiary alicyclic amines) is 1. The summed E-state index contributed by atoms with van der Waals surface area (Å²) in [6.07, 6.45) is 1.71. The Bertz CT molecular complexity index is 1440. The summed E-state index contributed by atoms with van der Waals surface area (Å²) in [6.45, 7) is 3.88. The van der Waals surface area contributed by atoms with Gasteiger partial charge in [0.15, 0.2) is 0 Å². The minimum atomic E-state index is -1.13. The van der Waals surface area contributed by atoms with Crippen molar-refractivity contribution >= 4 is 35.0 Å². The van der Waals surface area contributed by atoms with Gasteiger partial charge in [-0.3, -0.25) is 9.59 Å². The molecular formula is C33H37Cl2N3O4. The lowest BCUT2D eigenvalue weighted by atomic mass is 9.51. The maximum Gasteiger partial charge on any atom is 0.261 e. The zero-order valence-corrected chi connectivity index (χ0v) is 25.7. The topological polar surface area (TPSA) is 93.9 Å².